The van der Waals surface area contributed by atoms with Gasteiger partial charge in [0.2, 0.25) is 0 Å². The van der Waals surface area contributed by atoms with E-state index in [-0.39, 0.29) is 11.9 Å². The molecule has 1 fully saturated rings. The maximum atomic E-state index is 12.1. The van der Waals surface area contributed by atoms with E-state index in [2.05, 4.69) is 18.3 Å². The zero-order valence-corrected chi connectivity index (χ0v) is 12.3. The molecule has 0 spiro atoms. The van der Waals surface area contributed by atoms with Crippen LogP contribution in [0.4, 0.5) is 4.79 Å². The van der Waals surface area contributed by atoms with Crippen molar-refractivity contribution < 1.29 is 14.7 Å². The monoisotopic (exact) mass is 290 g/mol. The van der Waals surface area contributed by atoms with Gasteiger partial charge in [-0.25, -0.2) is 4.79 Å². The molecule has 5 heteroatoms. The van der Waals surface area contributed by atoms with Crippen LogP contribution in [-0.4, -0.2) is 35.1 Å². The van der Waals surface area contributed by atoms with E-state index >= 15 is 0 Å². The molecule has 1 saturated heterocycles. The van der Waals surface area contributed by atoms with Gasteiger partial charge in [-0.3, -0.25) is 4.79 Å². The van der Waals surface area contributed by atoms with Crippen LogP contribution in [0.5, 0.6) is 0 Å². The topological polar surface area (TPSA) is 69.6 Å². The summed E-state index contributed by atoms with van der Waals surface area (Å²) in [6, 6.07) is 7.96. The van der Waals surface area contributed by atoms with Crippen LogP contribution in [0.15, 0.2) is 24.3 Å². The Morgan fingerprint density at radius 3 is 2.43 bits per heavy atom. The minimum absolute atomic E-state index is 0.107. The lowest BCUT2D eigenvalue weighted by Crippen LogP contribution is -2.45. The number of hydrogen-bond acceptors (Lipinski definition) is 2. The van der Waals surface area contributed by atoms with E-state index < -0.39 is 5.97 Å². The van der Waals surface area contributed by atoms with Crippen LogP contribution in [0.1, 0.15) is 30.9 Å². The lowest BCUT2D eigenvalue weighted by Gasteiger charge is -2.30. The van der Waals surface area contributed by atoms with Gasteiger partial charge in [0.05, 0.1) is 5.92 Å². The van der Waals surface area contributed by atoms with Crippen molar-refractivity contribution in [1.82, 2.24) is 10.2 Å². The van der Waals surface area contributed by atoms with E-state index in [4.69, 9.17) is 5.11 Å². The smallest absolute Gasteiger partial charge is 0.317 e. The Labute approximate surface area is 125 Å². The molecule has 5 nitrogen and oxygen atoms in total. The van der Waals surface area contributed by atoms with Crippen LogP contribution in [0.3, 0.4) is 0 Å². The van der Waals surface area contributed by atoms with E-state index in [1.165, 1.54) is 5.56 Å². The van der Waals surface area contributed by atoms with Gasteiger partial charge in [-0.05, 0) is 30.4 Å². The predicted molar refractivity (Wildman–Crippen MR) is 80.0 cm³/mol. The molecule has 0 radical (unpaired) electrons. The van der Waals surface area contributed by atoms with Crippen LogP contribution in [-0.2, 0) is 17.8 Å². The minimum Gasteiger partial charge on any atom is -0.481 e. The molecular weight excluding hydrogens is 268 g/mol. The van der Waals surface area contributed by atoms with Crippen LogP contribution in [0.25, 0.3) is 0 Å². The lowest BCUT2D eigenvalue weighted by atomic mass is 9.97. The number of hydrogen-bond donors (Lipinski definition) is 2. The molecule has 21 heavy (non-hydrogen) atoms. The molecule has 114 valence electrons. The van der Waals surface area contributed by atoms with Crippen molar-refractivity contribution in [2.24, 2.45) is 5.92 Å². The number of amides is 2. The van der Waals surface area contributed by atoms with Crippen molar-refractivity contribution in [1.29, 1.82) is 0 Å². The number of likely N-dealkylation sites (tertiary alicyclic amines) is 1. The summed E-state index contributed by atoms with van der Waals surface area (Å²) >= 11 is 0. The molecule has 1 aromatic rings. The summed E-state index contributed by atoms with van der Waals surface area (Å²) in [5, 5.41) is 11.9. The summed E-state index contributed by atoms with van der Waals surface area (Å²) in [5.74, 6) is -1.07. The minimum atomic E-state index is -0.757. The third-order valence-electron chi connectivity index (χ3n) is 4.06. The molecule has 0 atom stereocenters. The molecule has 1 aliphatic rings. The third-order valence-corrected chi connectivity index (χ3v) is 4.06. The molecule has 0 unspecified atom stereocenters. The molecule has 0 aliphatic carbocycles. The Bertz CT molecular complexity index is 508. The van der Waals surface area contributed by atoms with E-state index in [1.54, 1.807) is 4.90 Å². The lowest BCUT2D eigenvalue weighted by molar-refractivity contribution is -0.143. The highest BCUT2D eigenvalue weighted by atomic mass is 16.4. The quantitative estimate of drug-likeness (QED) is 0.893. The van der Waals surface area contributed by atoms with Crippen LogP contribution >= 0.6 is 0 Å². The average Bonchev–Trinajstić information content (AvgIpc) is 2.52. The first-order valence-electron chi connectivity index (χ1n) is 7.44. The second-order valence-electron chi connectivity index (χ2n) is 5.38. The van der Waals surface area contributed by atoms with Crippen molar-refractivity contribution in [3.8, 4) is 0 Å². The molecule has 1 aromatic carbocycles. The largest absolute Gasteiger partial charge is 0.481 e. The predicted octanol–water partition coefficient (Wildman–Crippen LogP) is 2.26. The number of aliphatic carboxylic acids is 1. The van der Waals surface area contributed by atoms with Crippen molar-refractivity contribution in [3.63, 3.8) is 0 Å². The van der Waals surface area contributed by atoms with Gasteiger partial charge in [0, 0.05) is 19.6 Å². The third kappa shape index (κ3) is 3.97. The average molecular weight is 290 g/mol. The second-order valence-corrected chi connectivity index (χ2v) is 5.38. The highest BCUT2D eigenvalue weighted by molar-refractivity contribution is 5.75. The molecule has 0 aromatic heterocycles. The Balaban J connectivity index is 1.84. The molecule has 2 rings (SSSR count). The van der Waals surface area contributed by atoms with Crippen molar-refractivity contribution in [2.75, 3.05) is 13.1 Å². The Morgan fingerprint density at radius 1 is 1.24 bits per heavy atom. The van der Waals surface area contributed by atoms with Crippen molar-refractivity contribution in [2.45, 2.75) is 32.7 Å². The van der Waals surface area contributed by atoms with Crippen molar-refractivity contribution in [3.05, 3.63) is 35.4 Å². The molecule has 2 N–H and O–H groups in total. The first-order chi connectivity index (χ1) is 10.1. The van der Waals surface area contributed by atoms with Gasteiger partial charge in [-0.2, -0.15) is 0 Å². The Hall–Kier alpha value is -2.04. The molecule has 0 bridgehead atoms. The van der Waals surface area contributed by atoms with Gasteiger partial charge in [0.1, 0.15) is 0 Å². The number of carboxylic acid groups (broad SMARTS) is 1. The van der Waals surface area contributed by atoms with Crippen LogP contribution in [0.2, 0.25) is 0 Å². The number of carboxylic acids is 1. The number of urea groups is 1. The van der Waals surface area contributed by atoms with Gasteiger partial charge >= 0.3 is 12.0 Å². The van der Waals surface area contributed by atoms with Gasteiger partial charge in [0.15, 0.2) is 0 Å². The number of nitrogens with one attached hydrogen (secondary N) is 1. The fourth-order valence-corrected chi connectivity index (χ4v) is 2.69. The maximum absolute atomic E-state index is 12.1. The number of rotatable bonds is 4. The summed E-state index contributed by atoms with van der Waals surface area (Å²) in [6.07, 6.45) is 2.01. The zero-order chi connectivity index (χ0) is 15.2. The number of benzene rings is 1. The SMILES string of the molecule is CCc1ccccc1CNC(=O)N1CCC(C(=O)O)CC1. The summed E-state index contributed by atoms with van der Waals surface area (Å²) in [6.45, 7) is 3.63. The second kappa shape index (κ2) is 7.11. The summed E-state index contributed by atoms with van der Waals surface area (Å²) in [5.41, 5.74) is 2.37. The van der Waals surface area contributed by atoms with Gasteiger partial charge in [-0.15, -0.1) is 0 Å². The highest BCUT2D eigenvalue weighted by Crippen LogP contribution is 2.17. The van der Waals surface area contributed by atoms with Gasteiger partial charge in [0.25, 0.3) is 0 Å². The van der Waals surface area contributed by atoms with Crippen LogP contribution < -0.4 is 5.32 Å². The summed E-state index contributed by atoms with van der Waals surface area (Å²) in [7, 11) is 0. The normalized spacial score (nSPS) is 15.8. The number of carbonyl (C=O) groups excluding carboxylic acids is 1. The van der Waals surface area contributed by atoms with Crippen molar-refractivity contribution >= 4 is 12.0 Å². The summed E-state index contributed by atoms with van der Waals surface area (Å²) in [4.78, 5) is 24.7. The molecular formula is C16H22N2O3. The number of aryl methyl sites for hydroxylation is 1. The molecule has 0 saturated carbocycles. The highest BCUT2D eigenvalue weighted by Gasteiger charge is 2.26. The Morgan fingerprint density at radius 2 is 1.86 bits per heavy atom. The van der Waals surface area contributed by atoms with E-state index in [9.17, 15) is 9.59 Å². The number of nitrogens with zero attached hydrogens (tertiary/aromatic N) is 1. The fourth-order valence-electron chi connectivity index (χ4n) is 2.69. The zero-order valence-electron chi connectivity index (χ0n) is 12.3. The van der Waals surface area contributed by atoms with E-state index in [1.807, 2.05) is 18.2 Å². The first-order valence-corrected chi connectivity index (χ1v) is 7.44. The molecule has 2 amide bonds. The van der Waals surface area contributed by atoms with Gasteiger partial charge in [-0.1, -0.05) is 31.2 Å². The number of carbonyl (C=O) groups is 2. The maximum Gasteiger partial charge on any atom is 0.317 e. The van der Waals surface area contributed by atoms with Crippen LogP contribution in [0, 0.1) is 5.92 Å². The standard InChI is InChI=1S/C16H22N2O3/c1-2-12-5-3-4-6-14(12)11-17-16(21)18-9-7-13(8-10-18)15(19)20/h3-6,13H,2,7-11H2,1H3,(H,17,21)(H,19,20). The first kappa shape index (κ1) is 15.4. The molecule has 1 heterocycles. The number of piperidine rings is 1. The Kier molecular flexibility index (Phi) is 5.20. The van der Waals surface area contributed by atoms with Gasteiger partial charge < -0.3 is 15.3 Å². The van der Waals surface area contributed by atoms with E-state index in [0.717, 1.165) is 12.0 Å². The molecule has 1 aliphatic heterocycles. The fraction of sp³-hybridized carbons (Fsp3) is 0.500. The van der Waals surface area contributed by atoms with E-state index in [0.29, 0.717) is 32.5 Å². The summed E-state index contributed by atoms with van der Waals surface area (Å²) < 4.78 is 0.